The Morgan fingerprint density at radius 3 is 2.18 bits per heavy atom. The summed E-state index contributed by atoms with van der Waals surface area (Å²) in [6, 6.07) is 21.1. The van der Waals surface area contributed by atoms with Crippen LogP contribution in [0.1, 0.15) is 30.4 Å². The van der Waals surface area contributed by atoms with Crippen LogP contribution in [0.2, 0.25) is 0 Å². The zero-order valence-corrected chi connectivity index (χ0v) is 13.5. The highest BCUT2D eigenvalue weighted by atomic mass is 35.5. The van der Waals surface area contributed by atoms with Crippen LogP contribution in [0.25, 0.3) is 0 Å². The third-order valence-electron chi connectivity index (χ3n) is 3.87. The van der Waals surface area contributed by atoms with Crippen LogP contribution in [0.3, 0.4) is 0 Å². The van der Waals surface area contributed by atoms with Crippen LogP contribution in [0, 0.1) is 0 Å². The van der Waals surface area contributed by atoms with Gasteiger partial charge in [0.25, 0.3) is 0 Å². The van der Waals surface area contributed by atoms with Gasteiger partial charge in [-0.25, -0.2) is 0 Å². The maximum Gasteiger partial charge on any atom is 0.136 e. The van der Waals surface area contributed by atoms with E-state index in [2.05, 4.69) is 59.8 Å². The molecular weight excluding hydrogens is 294 g/mol. The molecule has 0 saturated heterocycles. The van der Waals surface area contributed by atoms with Crippen molar-refractivity contribution in [3.8, 4) is 0 Å². The molecule has 2 aromatic rings. The molecule has 0 fully saturated rings. The van der Waals surface area contributed by atoms with Gasteiger partial charge in [-0.15, -0.1) is 12.4 Å². The van der Waals surface area contributed by atoms with E-state index in [4.69, 9.17) is 4.84 Å². The fourth-order valence-electron chi connectivity index (χ4n) is 2.76. The summed E-state index contributed by atoms with van der Waals surface area (Å²) >= 11 is 0. The third-order valence-corrected chi connectivity index (χ3v) is 3.87. The highest BCUT2D eigenvalue weighted by Crippen LogP contribution is 2.19. The maximum absolute atomic E-state index is 5.56. The molecule has 0 aromatic heterocycles. The molecule has 1 heterocycles. The van der Waals surface area contributed by atoms with Crippen molar-refractivity contribution >= 4 is 18.1 Å². The predicted octanol–water partition coefficient (Wildman–Crippen LogP) is 4.82. The molecule has 0 radical (unpaired) electrons. The molecule has 0 amide bonds. The van der Waals surface area contributed by atoms with E-state index in [0.717, 1.165) is 32.1 Å². The lowest BCUT2D eigenvalue weighted by atomic mass is 10.0. The maximum atomic E-state index is 5.56. The lowest BCUT2D eigenvalue weighted by Crippen LogP contribution is -2.11. The molecule has 0 spiro atoms. The minimum absolute atomic E-state index is 0. The van der Waals surface area contributed by atoms with Gasteiger partial charge < -0.3 is 4.84 Å². The summed E-state index contributed by atoms with van der Waals surface area (Å²) in [5.41, 5.74) is 3.94. The molecule has 2 aromatic carbocycles. The zero-order chi connectivity index (χ0) is 14.3. The van der Waals surface area contributed by atoms with Gasteiger partial charge >= 0.3 is 0 Å². The summed E-state index contributed by atoms with van der Waals surface area (Å²) < 4.78 is 0. The van der Waals surface area contributed by atoms with Crippen LogP contribution < -0.4 is 0 Å². The van der Waals surface area contributed by atoms with E-state index < -0.39 is 0 Å². The van der Waals surface area contributed by atoms with Crippen LogP contribution >= 0.6 is 12.4 Å². The first-order valence-electron chi connectivity index (χ1n) is 7.69. The lowest BCUT2D eigenvalue weighted by molar-refractivity contribution is 0.0859. The number of hydrogen-bond acceptors (Lipinski definition) is 2. The van der Waals surface area contributed by atoms with Crippen molar-refractivity contribution in [2.45, 2.75) is 38.2 Å². The van der Waals surface area contributed by atoms with Gasteiger partial charge in [0, 0.05) is 12.8 Å². The van der Waals surface area contributed by atoms with E-state index in [1.807, 2.05) is 6.07 Å². The number of aryl methyl sites for hydroxylation is 1. The van der Waals surface area contributed by atoms with E-state index in [0.29, 0.717) is 0 Å². The second-order valence-corrected chi connectivity index (χ2v) is 5.62. The molecule has 0 bridgehead atoms. The summed E-state index contributed by atoms with van der Waals surface area (Å²) in [4.78, 5) is 5.56. The average Bonchev–Trinajstić information content (AvgIpc) is 2.97. The van der Waals surface area contributed by atoms with Gasteiger partial charge in [-0.05, 0) is 30.4 Å². The van der Waals surface area contributed by atoms with Crippen molar-refractivity contribution in [2.75, 3.05) is 0 Å². The molecule has 1 atom stereocenters. The Bertz CT molecular complexity index is 583. The summed E-state index contributed by atoms with van der Waals surface area (Å²) in [5, 5.41) is 4.26. The van der Waals surface area contributed by atoms with Crippen molar-refractivity contribution in [2.24, 2.45) is 5.16 Å². The molecule has 1 aliphatic heterocycles. The van der Waals surface area contributed by atoms with Crippen molar-refractivity contribution in [1.29, 1.82) is 0 Å². The first-order valence-corrected chi connectivity index (χ1v) is 7.69. The van der Waals surface area contributed by atoms with E-state index in [-0.39, 0.29) is 18.5 Å². The lowest BCUT2D eigenvalue weighted by Gasteiger charge is -2.07. The Labute approximate surface area is 138 Å². The Kier molecular flexibility index (Phi) is 6.47. The van der Waals surface area contributed by atoms with Crippen molar-refractivity contribution in [3.05, 3.63) is 71.8 Å². The zero-order valence-electron chi connectivity index (χ0n) is 12.7. The van der Waals surface area contributed by atoms with E-state index in [1.54, 1.807) is 0 Å². The minimum Gasteiger partial charge on any atom is -0.392 e. The summed E-state index contributed by atoms with van der Waals surface area (Å²) in [6.07, 6.45) is 5.45. The van der Waals surface area contributed by atoms with Crippen molar-refractivity contribution < 1.29 is 4.84 Å². The molecule has 1 aliphatic rings. The number of benzene rings is 2. The molecule has 0 saturated carbocycles. The van der Waals surface area contributed by atoms with Gasteiger partial charge in [0.05, 0.1) is 5.71 Å². The van der Waals surface area contributed by atoms with Crippen LogP contribution in [-0.4, -0.2) is 11.8 Å². The SMILES string of the molecule is Cl.c1ccc(CCCC2=NOC(Cc3ccccc3)C2)cc1. The quantitative estimate of drug-likeness (QED) is 0.749. The number of halogens is 1. The summed E-state index contributed by atoms with van der Waals surface area (Å²) in [7, 11) is 0. The molecule has 3 heteroatoms. The van der Waals surface area contributed by atoms with Gasteiger partial charge in [-0.1, -0.05) is 65.8 Å². The number of nitrogens with zero attached hydrogens (tertiary/aromatic N) is 1. The molecule has 116 valence electrons. The van der Waals surface area contributed by atoms with Gasteiger partial charge in [0.15, 0.2) is 0 Å². The van der Waals surface area contributed by atoms with Crippen molar-refractivity contribution in [1.82, 2.24) is 0 Å². The smallest absolute Gasteiger partial charge is 0.136 e. The van der Waals surface area contributed by atoms with Gasteiger partial charge in [0.2, 0.25) is 0 Å². The van der Waals surface area contributed by atoms with Crippen LogP contribution in [0.4, 0.5) is 0 Å². The first-order chi connectivity index (χ1) is 10.4. The first kappa shape index (κ1) is 16.6. The fraction of sp³-hybridized carbons (Fsp3) is 0.316. The largest absolute Gasteiger partial charge is 0.392 e. The Morgan fingerprint density at radius 2 is 1.50 bits per heavy atom. The van der Waals surface area contributed by atoms with E-state index >= 15 is 0 Å². The molecule has 2 nitrogen and oxygen atoms in total. The Balaban J connectivity index is 0.00000176. The highest BCUT2D eigenvalue weighted by Gasteiger charge is 2.20. The van der Waals surface area contributed by atoms with Gasteiger partial charge in [-0.2, -0.15) is 0 Å². The molecule has 3 rings (SSSR count). The fourth-order valence-corrected chi connectivity index (χ4v) is 2.76. The third kappa shape index (κ3) is 4.88. The predicted molar refractivity (Wildman–Crippen MR) is 93.7 cm³/mol. The molecule has 22 heavy (non-hydrogen) atoms. The van der Waals surface area contributed by atoms with Crippen LogP contribution in [-0.2, 0) is 17.7 Å². The second-order valence-electron chi connectivity index (χ2n) is 5.62. The minimum atomic E-state index is 0. The summed E-state index contributed by atoms with van der Waals surface area (Å²) in [6.45, 7) is 0. The number of hydrogen-bond donors (Lipinski definition) is 0. The molecule has 0 N–H and O–H groups in total. The molecule has 0 aliphatic carbocycles. The number of rotatable bonds is 6. The molecular formula is C19H22ClNO. The van der Waals surface area contributed by atoms with E-state index in [1.165, 1.54) is 16.8 Å². The Hall–Kier alpha value is -1.80. The molecule has 1 unspecified atom stereocenters. The van der Waals surface area contributed by atoms with Gasteiger partial charge in [0.1, 0.15) is 6.10 Å². The van der Waals surface area contributed by atoms with Crippen LogP contribution in [0.15, 0.2) is 65.8 Å². The van der Waals surface area contributed by atoms with Gasteiger partial charge in [-0.3, -0.25) is 0 Å². The Morgan fingerprint density at radius 1 is 0.864 bits per heavy atom. The second kappa shape index (κ2) is 8.60. The van der Waals surface area contributed by atoms with Crippen LogP contribution in [0.5, 0.6) is 0 Å². The average molecular weight is 316 g/mol. The standard InChI is InChI=1S/C19H21NO.ClH/c1-3-8-16(9-4-1)12-7-13-18-15-19(21-20-18)14-17-10-5-2-6-11-17;/h1-6,8-11,19H,7,12-15H2;1H. The van der Waals surface area contributed by atoms with E-state index in [9.17, 15) is 0 Å². The normalized spacial score (nSPS) is 16.5. The topological polar surface area (TPSA) is 21.6 Å². The summed E-state index contributed by atoms with van der Waals surface area (Å²) in [5.74, 6) is 0. The van der Waals surface area contributed by atoms with Crippen molar-refractivity contribution in [3.63, 3.8) is 0 Å². The highest BCUT2D eigenvalue weighted by molar-refractivity contribution is 5.85. The number of oxime groups is 1. The monoisotopic (exact) mass is 315 g/mol.